The molecule has 3 atom stereocenters. The molecule has 0 aliphatic carbocycles. The molecule has 1 fully saturated rings. The van der Waals surface area contributed by atoms with E-state index in [2.05, 4.69) is 24.5 Å². The quantitative estimate of drug-likeness (QED) is 0.621. The minimum atomic E-state index is 0.310. The summed E-state index contributed by atoms with van der Waals surface area (Å²) >= 11 is 0. The molecule has 1 aliphatic rings. The molecule has 16 heavy (non-hydrogen) atoms. The van der Waals surface area contributed by atoms with Crippen LogP contribution in [-0.2, 0) is 0 Å². The molecular formula is C13H28N2O. The second-order valence-corrected chi connectivity index (χ2v) is 5.22. The summed E-state index contributed by atoms with van der Waals surface area (Å²) in [5.74, 6) is 0. The van der Waals surface area contributed by atoms with E-state index in [1.54, 1.807) is 0 Å². The molecule has 1 rings (SSSR count). The van der Waals surface area contributed by atoms with Gasteiger partial charge in [-0.15, -0.1) is 0 Å². The zero-order chi connectivity index (χ0) is 11.8. The number of aliphatic hydroxyl groups excluding tert-OH is 1. The van der Waals surface area contributed by atoms with Crippen LogP contribution in [0.5, 0.6) is 0 Å². The monoisotopic (exact) mass is 228 g/mol. The Labute approximate surface area is 100 Å². The largest absolute Gasteiger partial charge is 0.396 e. The Hall–Kier alpha value is -0.120. The highest BCUT2D eigenvalue weighted by Gasteiger charge is 2.16. The molecule has 96 valence electrons. The zero-order valence-corrected chi connectivity index (χ0v) is 10.8. The molecule has 0 saturated carbocycles. The lowest BCUT2D eigenvalue weighted by Gasteiger charge is -2.28. The number of hydrogen-bond acceptors (Lipinski definition) is 3. The van der Waals surface area contributed by atoms with Crippen LogP contribution in [0.3, 0.4) is 0 Å². The maximum atomic E-state index is 8.77. The summed E-state index contributed by atoms with van der Waals surface area (Å²) in [6, 6.07) is 1.80. The van der Waals surface area contributed by atoms with Gasteiger partial charge in [0.25, 0.3) is 0 Å². The normalized spacial score (nSPS) is 25.3. The van der Waals surface area contributed by atoms with Crippen LogP contribution in [0.25, 0.3) is 0 Å². The van der Waals surface area contributed by atoms with Gasteiger partial charge >= 0.3 is 0 Å². The molecule has 0 bridgehead atoms. The van der Waals surface area contributed by atoms with Gasteiger partial charge in [-0.1, -0.05) is 6.42 Å². The van der Waals surface area contributed by atoms with Crippen molar-refractivity contribution in [2.24, 2.45) is 0 Å². The molecule has 3 N–H and O–H groups in total. The topological polar surface area (TPSA) is 44.3 Å². The highest BCUT2D eigenvalue weighted by molar-refractivity contribution is 4.78. The van der Waals surface area contributed by atoms with Crippen molar-refractivity contribution in [2.75, 3.05) is 13.2 Å². The lowest BCUT2D eigenvalue weighted by molar-refractivity contribution is 0.270. The van der Waals surface area contributed by atoms with E-state index in [9.17, 15) is 0 Å². The Morgan fingerprint density at radius 3 is 2.75 bits per heavy atom. The standard InChI is InChI=1S/C13H28N2O/c1-11(6-5-9-16)15-12(2)10-13-7-3-4-8-14-13/h11-16H,3-10H2,1-2H3. The van der Waals surface area contributed by atoms with Gasteiger partial charge in [-0.05, 0) is 52.5 Å². The van der Waals surface area contributed by atoms with E-state index in [0.29, 0.717) is 24.7 Å². The maximum Gasteiger partial charge on any atom is 0.0431 e. The van der Waals surface area contributed by atoms with Crippen molar-refractivity contribution < 1.29 is 5.11 Å². The van der Waals surface area contributed by atoms with Crippen molar-refractivity contribution in [1.82, 2.24) is 10.6 Å². The summed E-state index contributed by atoms with van der Waals surface area (Å²) in [5.41, 5.74) is 0. The first-order valence-electron chi connectivity index (χ1n) is 6.82. The summed E-state index contributed by atoms with van der Waals surface area (Å²) in [6.07, 6.45) is 7.25. The molecule has 3 unspecified atom stereocenters. The van der Waals surface area contributed by atoms with Gasteiger partial charge in [0.1, 0.15) is 0 Å². The van der Waals surface area contributed by atoms with E-state index >= 15 is 0 Å². The first kappa shape index (κ1) is 13.9. The highest BCUT2D eigenvalue weighted by atomic mass is 16.2. The zero-order valence-electron chi connectivity index (χ0n) is 10.8. The summed E-state index contributed by atoms with van der Waals surface area (Å²) in [5, 5.41) is 16.0. The number of aliphatic hydroxyl groups is 1. The fourth-order valence-corrected chi connectivity index (χ4v) is 2.59. The molecule has 0 amide bonds. The van der Waals surface area contributed by atoms with Crippen molar-refractivity contribution >= 4 is 0 Å². The summed E-state index contributed by atoms with van der Waals surface area (Å²) in [6.45, 7) is 5.98. The predicted molar refractivity (Wildman–Crippen MR) is 68.6 cm³/mol. The average molecular weight is 228 g/mol. The van der Waals surface area contributed by atoms with E-state index in [0.717, 1.165) is 12.8 Å². The Morgan fingerprint density at radius 2 is 2.12 bits per heavy atom. The minimum absolute atomic E-state index is 0.310. The second-order valence-electron chi connectivity index (χ2n) is 5.22. The van der Waals surface area contributed by atoms with Crippen LogP contribution in [0.1, 0.15) is 52.4 Å². The molecule has 0 aromatic heterocycles. The van der Waals surface area contributed by atoms with Crippen molar-refractivity contribution in [3.8, 4) is 0 Å². The van der Waals surface area contributed by atoms with Crippen LogP contribution in [0.2, 0.25) is 0 Å². The molecule has 1 saturated heterocycles. The first-order valence-corrected chi connectivity index (χ1v) is 6.82. The molecule has 3 nitrogen and oxygen atoms in total. The molecule has 3 heteroatoms. The first-order chi connectivity index (χ1) is 7.72. The van der Waals surface area contributed by atoms with Gasteiger partial charge < -0.3 is 15.7 Å². The van der Waals surface area contributed by atoms with Gasteiger partial charge in [-0.25, -0.2) is 0 Å². The summed E-state index contributed by atoms with van der Waals surface area (Å²) in [7, 11) is 0. The van der Waals surface area contributed by atoms with Crippen LogP contribution < -0.4 is 10.6 Å². The average Bonchev–Trinajstić information content (AvgIpc) is 2.27. The van der Waals surface area contributed by atoms with Crippen LogP contribution >= 0.6 is 0 Å². The molecule has 0 spiro atoms. The van der Waals surface area contributed by atoms with Gasteiger partial charge in [-0.2, -0.15) is 0 Å². The minimum Gasteiger partial charge on any atom is -0.396 e. The number of rotatable bonds is 7. The van der Waals surface area contributed by atoms with Crippen LogP contribution in [0.4, 0.5) is 0 Å². The van der Waals surface area contributed by atoms with Crippen molar-refractivity contribution in [3.63, 3.8) is 0 Å². The van der Waals surface area contributed by atoms with Gasteiger partial charge in [0.15, 0.2) is 0 Å². The van der Waals surface area contributed by atoms with E-state index in [4.69, 9.17) is 5.11 Å². The SMILES string of the molecule is CC(CCCO)NC(C)CC1CCCCN1. The third kappa shape index (κ3) is 5.83. The predicted octanol–water partition coefficient (Wildman–Crippen LogP) is 1.66. The Bertz CT molecular complexity index is 169. The smallest absolute Gasteiger partial charge is 0.0431 e. The third-order valence-corrected chi connectivity index (χ3v) is 3.41. The van der Waals surface area contributed by atoms with E-state index in [1.165, 1.54) is 32.2 Å². The molecule has 0 aromatic rings. The fraction of sp³-hybridized carbons (Fsp3) is 1.00. The number of hydrogen-bond donors (Lipinski definition) is 3. The highest BCUT2D eigenvalue weighted by Crippen LogP contribution is 2.12. The van der Waals surface area contributed by atoms with Gasteiger partial charge in [0, 0.05) is 24.7 Å². The van der Waals surface area contributed by atoms with Gasteiger partial charge in [0.05, 0.1) is 0 Å². The molecule has 0 radical (unpaired) electrons. The van der Waals surface area contributed by atoms with Crippen molar-refractivity contribution in [2.45, 2.75) is 70.5 Å². The lowest BCUT2D eigenvalue weighted by atomic mass is 9.98. The molecule has 1 heterocycles. The van der Waals surface area contributed by atoms with E-state index < -0.39 is 0 Å². The molecule has 0 aromatic carbocycles. The number of nitrogens with one attached hydrogen (secondary N) is 2. The molecular weight excluding hydrogens is 200 g/mol. The van der Waals surface area contributed by atoms with Crippen LogP contribution in [0, 0.1) is 0 Å². The van der Waals surface area contributed by atoms with Gasteiger partial charge in [0.2, 0.25) is 0 Å². The summed E-state index contributed by atoms with van der Waals surface area (Å²) in [4.78, 5) is 0. The van der Waals surface area contributed by atoms with Crippen LogP contribution in [0.15, 0.2) is 0 Å². The Balaban J connectivity index is 2.11. The van der Waals surface area contributed by atoms with E-state index in [1.807, 2.05) is 0 Å². The van der Waals surface area contributed by atoms with Gasteiger partial charge in [-0.3, -0.25) is 0 Å². The van der Waals surface area contributed by atoms with Crippen molar-refractivity contribution in [3.05, 3.63) is 0 Å². The lowest BCUT2D eigenvalue weighted by Crippen LogP contribution is -2.42. The van der Waals surface area contributed by atoms with Crippen LogP contribution in [-0.4, -0.2) is 36.4 Å². The summed E-state index contributed by atoms with van der Waals surface area (Å²) < 4.78 is 0. The molecule has 1 aliphatic heterocycles. The fourth-order valence-electron chi connectivity index (χ4n) is 2.59. The maximum absolute atomic E-state index is 8.77. The van der Waals surface area contributed by atoms with Crippen molar-refractivity contribution in [1.29, 1.82) is 0 Å². The van der Waals surface area contributed by atoms with E-state index in [-0.39, 0.29) is 0 Å². The Morgan fingerprint density at radius 1 is 1.31 bits per heavy atom. The Kier molecular flexibility index (Phi) is 7.01. The third-order valence-electron chi connectivity index (χ3n) is 3.41. The second kappa shape index (κ2) is 8.04. The number of piperidine rings is 1.